The summed E-state index contributed by atoms with van der Waals surface area (Å²) in [6.07, 6.45) is 1.52. The van der Waals surface area contributed by atoms with Crippen molar-refractivity contribution >= 4 is 17.2 Å². The van der Waals surface area contributed by atoms with Crippen molar-refractivity contribution in [1.29, 1.82) is 0 Å². The van der Waals surface area contributed by atoms with Crippen LogP contribution in [0.1, 0.15) is 26.2 Å². The highest BCUT2D eigenvalue weighted by atomic mass is 32.1. The third-order valence-corrected chi connectivity index (χ3v) is 4.66. The molecule has 3 heterocycles. The number of nitrogens with one attached hydrogen (secondary N) is 1. The second kappa shape index (κ2) is 5.90. The van der Waals surface area contributed by atoms with Crippen LogP contribution in [0.4, 0.5) is 0 Å². The molecule has 7 nitrogen and oxygen atoms in total. The number of carbonyl (C=O) groups is 1. The minimum absolute atomic E-state index is 0.109. The number of amides is 1. The molecule has 0 atom stereocenters. The molecule has 1 aliphatic rings. The van der Waals surface area contributed by atoms with E-state index in [4.69, 9.17) is 0 Å². The summed E-state index contributed by atoms with van der Waals surface area (Å²) in [4.78, 5) is 25.9. The van der Waals surface area contributed by atoms with Gasteiger partial charge in [-0.1, -0.05) is 0 Å². The predicted molar refractivity (Wildman–Crippen MR) is 79.2 cm³/mol. The number of piperazine rings is 1. The van der Waals surface area contributed by atoms with Gasteiger partial charge < -0.3 is 4.90 Å². The van der Waals surface area contributed by atoms with E-state index in [1.807, 2.05) is 18.7 Å². The van der Waals surface area contributed by atoms with Crippen molar-refractivity contribution in [1.82, 2.24) is 30.0 Å². The molecule has 3 rings (SSSR count). The molecule has 0 aromatic carbocycles. The van der Waals surface area contributed by atoms with Crippen molar-refractivity contribution in [3.05, 3.63) is 27.7 Å². The number of aromatic amines is 1. The Hall–Kier alpha value is -1.80. The zero-order chi connectivity index (χ0) is 14.8. The standard InChI is InChI=1S/C13H18N6OS/c1-9-12(21-10(2)16-9)13(20)19-5-3-18(4-6-19)7-11-14-8-15-17-11/h8H,3-7H2,1-2H3,(H,14,15,17). The zero-order valence-corrected chi connectivity index (χ0v) is 13.0. The van der Waals surface area contributed by atoms with Gasteiger partial charge in [-0.15, -0.1) is 11.3 Å². The highest BCUT2D eigenvalue weighted by Crippen LogP contribution is 2.20. The van der Waals surface area contributed by atoms with Crippen LogP contribution < -0.4 is 0 Å². The smallest absolute Gasteiger partial charge is 0.265 e. The largest absolute Gasteiger partial charge is 0.335 e. The molecule has 1 fully saturated rings. The lowest BCUT2D eigenvalue weighted by atomic mass is 10.2. The van der Waals surface area contributed by atoms with Crippen molar-refractivity contribution in [2.24, 2.45) is 0 Å². The number of nitrogens with zero attached hydrogens (tertiary/aromatic N) is 5. The molecule has 21 heavy (non-hydrogen) atoms. The average Bonchev–Trinajstić information content (AvgIpc) is 3.08. The van der Waals surface area contributed by atoms with Gasteiger partial charge in [-0.05, 0) is 13.8 Å². The molecule has 2 aromatic rings. The molecule has 1 aliphatic heterocycles. The molecule has 1 N–H and O–H groups in total. The number of carbonyl (C=O) groups excluding carboxylic acids is 1. The number of hydrogen-bond donors (Lipinski definition) is 1. The third-order valence-electron chi connectivity index (χ3n) is 3.60. The Bertz CT molecular complexity index is 615. The number of thiazole rings is 1. The van der Waals surface area contributed by atoms with E-state index in [-0.39, 0.29) is 5.91 Å². The fourth-order valence-corrected chi connectivity index (χ4v) is 3.39. The highest BCUT2D eigenvalue weighted by molar-refractivity contribution is 7.13. The average molecular weight is 306 g/mol. The first-order chi connectivity index (χ1) is 10.1. The summed E-state index contributed by atoms with van der Waals surface area (Å²) >= 11 is 1.48. The molecular formula is C13H18N6OS. The Kier molecular flexibility index (Phi) is 3.98. The van der Waals surface area contributed by atoms with Gasteiger partial charge in [0.05, 0.1) is 17.2 Å². The van der Waals surface area contributed by atoms with Crippen molar-refractivity contribution in [2.75, 3.05) is 26.2 Å². The van der Waals surface area contributed by atoms with E-state index in [1.165, 1.54) is 17.7 Å². The molecule has 2 aromatic heterocycles. The van der Waals surface area contributed by atoms with Gasteiger partial charge in [-0.25, -0.2) is 9.97 Å². The SMILES string of the molecule is Cc1nc(C)c(C(=O)N2CCN(Cc3ncn[nH]3)CC2)s1. The number of aryl methyl sites for hydroxylation is 2. The molecule has 0 radical (unpaired) electrons. The van der Waals surface area contributed by atoms with E-state index in [0.29, 0.717) is 0 Å². The van der Waals surface area contributed by atoms with Gasteiger partial charge in [-0.3, -0.25) is 14.8 Å². The minimum atomic E-state index is 0.109. The quantitative estimate of drug-likeness (QED) is 0.909. The van der Waals surface area contributed by atoms with Gasteiger partial charge in [0.15, 0.2) is 0 Å². The van der Waals surface area contributed by atoms with Crippen molar-refractivity contribution in [3.8, 4) is 0 Å². The van der Waals surface area contributed by atoms with Crippen molar-refractivity contribution in [2.45, 2.75) is 20.4 Å². The Morgan fingerprint density at radius 3 is 2.67 bits per heavy atom. The van der Waals surface area contributed by atoms with E-state index in [0.717, 1.165) is 54.1 Å². The number of H-pyrrole nitrogens is 1. The summed E-state index contributed by atoms with van der Waals surface area (Å²) in [7, 11) is 0. The monoisotopic (exact) mass is 306 g/mol. The molecule has 0 aliphatic carbocycles. The zero-order valence-electron chi connectivity index (χ0n) is 12.2. The lowest BCUT2D eigenvalue weighted by Gasteiger charge is -2.34. The molecule has 0 spiro atoms. The maximum absolute atomic E-state index is 12.5. The maximum Gasteiger partial charge on any atom is 0.265 e. The number of aromatic nitrogens is 4. The van der Waals surface area contributed by atoms with Gasteiger partial charge in [0, 0.05) is 26.2 Å². The highest BCUT2D eigenvalue weighted by Gasteiger charge is 2.25. The fourth-order valence-electron chi connectivity index (χ4n) is 2.50. The van der Waals surface area contributed by atoms with Crippen LogP contribution >= 0.6 is 11.3 Å². The first-order valence-electron chi connectivity index (χ1n) is 6.93. The van der Waals surface area contributed by atoms with Crippen LogP contribution in [0.25, 0.3) is 0 Å². The van der Waals surface area contributed by atoms with Crippen LogP contribution in [-0.2, 0) is 6.54 Å². The molecule has 0 unspecified atom stereocenters. The van der Waals surface area contributed by atoms with Crippen LogP contribution in [0.15, 0.2) is 6.33 Å². The number of rotatable bonds is 3. The minimum Gasteiger partial charge on any atom is -0.335 e. The molecule has 1 saturated heterocycles. The summed E-state index contributed by atoms with van der Waals surface area (Å²) in [6.45, 7) is 7.76. The van der Waals surface area contributed by atoms with Crippen LogP contribution in [0.3, 0.4) is 0 Å². The first kappa shape index (κ1) is 14.2. The van der Waals surface area contributed by atoms with Gasteiger partial charge in [-0.2, -0.15) is 5.10 Å². The summed E-state index contributed by atoms with van der Waals surface area (Å²) < 4.78 is 0. The van der Waals surface area contributed by atoms with Crippen LogP contribution in [0.2, 0.25) is 0 Å². The van der Waals surface area contributed by atoms with E-state index in [1.54, 1.807) is 0 Å². The van der Waals surface area contributed by atoms with Crippen LogP contribution in [0.5, 0.6) is 0 Å². The fraction of sp³-hybridized carbons (Fsp3) is 0.538. The van der Waals surface area contributed by atoms with Gasteiger partial charge in [0.2, 0.25) is 0 Å². The van der Waals surface area contributed by atoms with Crippen LogP contribution in [-0.4, -0.2) is 62.1 Å². The van der Waals surface area contributed by atoms with Gasteiger partial charge >= 0.3 is 0 Å². The van der Waals surface area contributed by atoms with Gasteiger partial charge in [0.1, 0.15) is 17.0 Å². The Labute approximate surface area is 127 Å². The molecule has 112 valence electrons. The van der Waals surface area contributed by atoms with Gasteiger partial charge in [0.25, 0.3) is 5.91 Å². The Morgan fingerprint density at radius 2 is 2.10 bits per heavy atom. The summed E-state index contributed by atoms with van der Waals surface area (Å²) in [5.41, 5.74) is 0.839. The normalized spacial score (nSPS) is 16.4. The second-order valence-electron chi connectivity index (χ2n) is 5.15. The van der Waals surface area contributed by atoms with E-state index < -0.39 is 0 Å². The number of hydrogen-bond acceptors (Lipinski definition) is 6. The first-order valence-corrected chi connectivity index (χ1v) is 7.75. The van der Waals surface area contributed by atoms with Crippen molar-refractivity contribution in [3.63, 3.8) is 0 Å². The topological polar surface area (TPSA) is 78.0 Å². The third kappa shape index (κ3) is 3.11. The molecule has 0 saturated carbocycles. The van der Waals surface area contributed by atoms with E-state index >= 15 is 0 Å². The lowest BCUT2D eigenvalue weighted by Crippen LogP contribution is -2.48. The van der Waals surface area contributed by atoms with Crippen molar-refractivity contribution < 1.29 is 4.79 Å². The Morgan fingerprint density at radius 1 is 1.33 bits per heavy atom. The van der Waals surface area contributed by atoms with Crippen LogP contribution in [0, 0.1) is 13.8 Å². The van der Waals surface area contributed by atoms with E-state index in [9.17, 15) is 4.79 Å². The maximum atomic E-state index is 12.5. The second-order valence-corrected chi connectivity index (χ2v) is 6.35. The molecule has 1 amide bonds. The summed E-state index contributed by atoms with van der Waals surface area (Å²) in [5, 5.41) is 7.66. The summed E-state index contributed by atoms with van der Waals surface area (Å²) in [6, 6.07) is 0. The Balaban J connectivity index is 1.58. The van der Waals surface area contributed by atoms with E-state index in [2.05, 4.69) is 25.1 Å². The predicted octanol–water partition coefficient (Wildman–Crippen LogP) is 0.836. The molecule has 8 heteroatoms. The summed E-state index contributed by atoms with van der Waals surface area (Å²) in [5.74, 6) is 0.973. The molecule has 0 bridgehead atoms. The molecular weight excluding hydrogens is 288 g/mol. The lowest BCUT2D eigenvalue weighted by molar-refractivity contribution is 0.0629.